The van der Waals surface area contributed by atoms with Crippen LogP contribution in [0.25, 0.3) is 22.4 Å². The Labute approximate surface area is 154 Å². The van der Waals surface area contributed by atoms with Crippen LogP contribution in [0.4, 0.5) is 0 Å². The van der Waals surface area contributed by atoms with Crippen LogP contribution in [0, 0.1) is 6.92 Å². The second-order valence-corrected chi connectivity index (χ2v) is 6.06. The highest BCUT2D eigenvalue weighted by molar-refractivity contribution is 6.07. The van der Waals surface area contributed by atoms with Crippen LogP contribution >= 0.6 is 0 Å². The van der Waals surface area contributed by atoms with Gasteiger partial charge in [-0.2, -0.15) is 5.10 Å². The van der Waals surface area contributed by atoms with Crippen molar-refractivity contribution in [1.82, 2.24) is 25.5 Å². The lowest BCUT2D eigenvalue weighted by Crippen LogP contribution is -2.26. The third-order valence-corrected chi connectivity index (χ3v) is 4.19. The molecule has 1 amide bonds. The highest BCUT2D eigenvalue weighted by atomic mass is 16.3. The van der Waals surface area contributed by atoms with Gasteiger partial charge in [0.15, 0.2) is 5.82 Å². The lowest BCUT2D eigenvalue weighted by Gasteiger charge is -2.03. The highest BCUT2D eigenvalue weighted by Crippen LogP contribution is 2.28. The van der Waals surface area contributed by atoms with Crippen molar-refractivity contribution in [2.75, 3.05) is 6.54 Å². The third-order valence-electron chi connectivity index (χ3n) is 4.19. The van der Waals surface area contributed by atoms with E-state index in [0.29, 0.717) is 46.9 Å². The summed E-state index contributed by atoms with van der Waals surface area (Å²) in [5.74, 6) is 1.60. The van der Waals surface area contributed by atoms with Gasteiger partial charge in [0.25, 0.3) is 5.91 Å². The number of benzene rings is 1. The molecule has 136 valence electrons. The average molecular weight is 363 g/mol. The first-order valence-electron chi connectivity index (χ1n) is 8.44. The van der Waals surface area contributed by atoms with Crippen LogP contribution in [0.1, 0.15) is 21.9 Å². The second-order valence-electron chi connectivity index (χ2n) is 6.06. The van der Waals surface area contributed by atoms with E-state index in [-0.39, 0.29) is 11.7 Å². The number of carbonyl (C=O) groups is 1. The molecule has 3 N–H and O–H groups in total. The van der Waals surface area contributed by atoms with Gasteiger partial charge in [-0.25, -0.2) is 4.98 Å². The van der Waals surface area contributed by atoms with Crippen molar-refractivity contribution in [3.05, 3.63) is 59.9 Å². The number of nitrogens with zero attached hydrogens (tertiary/aromatic N) is 3. The van der Waals surface area contributed by atoms with Crippen molar-refractivity contribution < 1.29 is 14.3 Å². The Balaban J connectivity index is 1.43. The highest BCUT2D eigenvalue weighted by Gasteiger charge is 2.18. The Morgan fingerprint density at radius 1 is 1.26 bits per heavy atom. The number of hydrogen-bond donors (Lipinski definition) is 3. The van der Waals surface area contributed by atoms with E-state index in [4.69, 9.17) is 4.42 Å². The number of amides is 1. The Kier molecular flexibility index (Phi) is 4.29. The molecule has 4 rings (SSSR count). The van der Waals surface area contributed by atoms with E-state index in [1.165, 1.54) is 12.1 Å². The fourth-order valence-electron chi connectivity index (χ4n) is 2.91. The van der Waals surface area contributed by atoms with Crippen LogP contribution in [0.2, 0.25) is 0 Å². The first-order chi connectivity index (χ1) is 13.1. The molecule has 0 aliphatic heterocycles. The van der Waals surface area contributed by atoms with E-state index in [9.17, 15) is 9.90 Å². The van der Waals surface area contributed by atoms with E-state index in [0.717, 1.165) is 5.56 Å². The lowest BCUT2D eigenvalue weighted by molar-refractivity contribution is 0.0954. The fourth-order valence-corrected chi connectivity index (χ4v) is 2.91. The number of carbonyl (C=O) groups excluding carboxylic acids is 1. The molecule has 0 aliphatic rings. The number of aromatic nitrogens is 4. The molecule has 8 heteroatoms. The number of phenolic OH excluding ortho intramolecular Hbond substituents is 1. The molecule has 0 aliphatic carbocycles. The van der Waals surface area contributed by atoms with E-state index >= 15 is 0 Å². The molecule has 0 atom stereocenters. The van der Waals surface area contributed by atoms with Crippen LogP contribution in [0.3, 0.4) is 0 Å². The summed E-state index contributed by atoms with van der Waals surface area (Å²) in [4.78, 5) is 21.0. The van der Waals surface area contributed by atoms with Gasteiger partial charge in [-0.15, -0.1) is 0 Å². The minimum absolute atomic E-state index is 0.0858. The minimum Gasteiger partial charge on any atom is -0.508 e. The van der Waals surface area contributed by atoms with Crippen molar-refractivity contribution in [3.63, 3.8) is 0 Å². The zero-order chi connectivity index (χ0) is 18.8. The Bertz CT molecular complexity index is 1100. The van der Waals surface area contributed by atoms with Crippen molar-refractivity contribution in [2.24, 2.45) is 0 Å². The van der Waals surface area contributed by atoms with Crippen molar-refractivity contribution in [3.8, 4) is 17.1 Å². The molecule has 27 heavy (non-hydrogen) atoms. The summed E-state index contributed by atoms with van der Waals surface area (Å²) in [6.45, 7) is 2.11. The molecular weight excluding hydrogens is 346 g/mol. The van der Waals surface area contributed by atoms with Gasteiger partial charge in [-0.1, -0.05) is 0 Å². The number of aryl methyl sites for hydroxylation is 1. The monoisotopic (exact) mass is 363 g/mol. The molecule has 0 spiro atoms. The van der Waals surface area contributed by atoms with Crippen LogP contribution in [-0.2, 0) is 6.42 Å². The zero-order valence-electron chi connectivity index (χ0n) is 14.6. The number of phenols is 1. The van der Waals surface area contributed by atoms with Gasteiger partial charge in [0.1, 0.15) is 22.9 Å². The van der Waals surface area contributed by atoms with Crippen LogP contribution in [-0.4, -0.2) is 37.7 Å². The second kappa shape index (κ2) is 6.91. The first kappa shape index (κ1) is 16.8. The molecule has 3 heterocycles. The number of rotatable bonds is 5. The summed E-state index contributed by atoms with van der Waals surface area (Å²) in [5, 5.41) is 20.2. The molecule has 0 saturated carbocycles. The van der Waals surface area contributed by atoms with Crippen LogP contribution in [0.5, 0.6) is 5.75 Å². The lowest BCUT2D eigenvalue weighted by atomic mass is 10.1. The summed E-state index contributed by atoms with van der Waals surface area (Å²) < 4.78 is 5.59. The molecule has 0 unspecified atom stereocenters. The maximum atomic E-state index is 12.6. The SMILES string of the molecule is Cc1oc2ccc(O)cc2c1C(=O)NCCc1nc(-c2ccncc2)n[nH]1. The van der Waals surface area contributed by atoms with Gasteiger partial charge in [0.2, 0.25) is 0 Å². The van der Waals surface area contributed by atoms with Gasteiger partial charge >= 0.3 is 0 Å². The molecular formula is C19H17N5O3. The standard InChI is InChI=1S/C19H17N5O3/c1-11-17(14-10-13(25)2-3-15(14)27-11)19(26)21-9-6-16-22-18(24-23-16)12-4-7-20-8-5-12/h2-5,7-8,10,25H,6,9H2,1H3,(H,21,26)(H,22,23,24). The van der Waals surface area contributed by atoms with Gasteiger partial charge in [0.05, 0.1) is 5.56 Å². The molecule has 0 saturated heterocycles. The quantitative estimate of drug-likeness (QED) is 0.502. The number of fused-ring (bicyclic) bond motifs is 1. The van der Waals surface area contributed by atoms with Gasteiger partial charge in [-0.05, 0) is 37.3 Å². The third kappa shape index (κ3) is 3.37. The molecule has 0 bridgehead atoms. The van der Waals surface area contributed by atoms with Crippen molar-refractivity contribution in [2.45, 2.75) is 13.3 Å². The summed E-state index contributed by atoms with van der Waals surface area (Å²) in [5.41, 5.74) is 1.86. The number of aromatic hydroxyl groups is 1. The average Bonchev–Trinajstić information content (AvgIpc) is 3.26. The Morgan fingerprint density at radius 3 is 2.89 bits per heavy atom. The van der Waals surface area contributed by atoms with Crippen LogP contribution < -0.4 is 5.32 Å². The summed E-state index contributed by atoms with van der Waals surface area (Å²) in [6, 6.07) is 8.35. The van der Waals surface area contributed by atoms with Crippen molar-refractivity contribution >= 4 is 16.9 Å². The summed E-state index contributed by atoms with van der Waals surface area (Å²) in [7, 11) is 0. The maximum absolute atomic E-state index is 12.6. The number of pyridine rings is 1. The zero-order valence-corrected chi connectivity index (χ0v) is 14.6. The van der Waals surface area contributed by atoms with E-state index in [2.05, 4.69) is 25.5 Å². The minimum atomic E-state index is -0.259. The number of nitrogens with one attached hydrogen (secondary N) is 2. The summed E-state index contributed by atoms with van der Waals surface area (Å²) >= 11 is 0. The smallest absolute Gasteiger partial charge is 0.255 e. The predicted octanol–water partition coefficient (Wildman–Crippen LogP) is 2.60. The van der Waals surface area contributed by atoms with Crippen LogP contribution in [0.15, 0.2) is 47.1 Å². The molecule has 1 aromatic carbocycles. The van der Waals surface area contributed by atoms with E-state index in [1.807, 2.05) is 12.1 Å². The summed E-state index contributed by atoms with van der Waals surface area (Å²) in [6.07, 6.45) is 3.87. The van der Waals surface area contributed by atoms with Gasteiger partial charge in [-0.3, -0.25) is 14.9 Å². The van der Waals surface area contributed by atoms with E-state index in [1.54, 1.807) is 25.4 Å². The van der Waals surface area contributed by atoms with E-state index < -0.39 is 0 Å². The topological polar surface area (TPSA) is 117 Å². The number of furan rings is 1. The van der Waals surface area contributed by atoms with Crippen molar-refractivity contribution in [1.29, 1.82) is 0 Å². The molecule has 3 aromatic heterocycles. The molecule has 0 fully saturated rings. The normalized spacial score (nSPS) is 11.0. The van der Waals surface area contributed by atoms with Gasteiger partial charge < -0.3 is 14.8 Å². The predicted molar refractivity (Wildman–Crippen MR) is 98.3 cm³/mol. The Hall–Kier alpha value is -3.68. The Morgan fingerprint density at radius 2 is 2.07 bits per heavy atom. The molecule has 4 aromatic rings. The maximum Gasteiger partial charge on any atom is 0.255 e. The number of H-pyrrole nitrogens is 1. The van der Waals surface area contributed by atoms with Gasteiger partial charge in [0, 0.05) is 36.3 Å². The molecule has 8 nitrogen and oxygen atoms in total. The number of aromatic amines is 1. The number of hydrogen-bond acceptors (Lipinski definition) is 6. The fraction of sp³-hybridized carbons (Fsp3) is 0.158. The largest absolute Gasteiger partial charge is 0.508 e. The molecule has 0 radical (unpaired) electrons. The first-order valence-corrected chi connectivity index (χ1v) is 8.44.